The Labute approximate surface area is 85.1 Å². The van der Waals surface area contributed by atoms with Crippen molar-refractivity contribution in [2.24, 2.45) is 0 Å². The molecule has 0 atom stereocenters. The molecule has 3 nitrogen and oxygen atoms in total. The molecule has 0 unspecified atom stereocenters. The van der Waals surface area contributed by atoms with Crippen molar-refractivity contribution in [1.82, 2.24) is 0 Å². The van der Waals surface area contributed by atoms with Crippen LogP contribution >= 0.6 is 0 Å². The van der Waals surface area contributed by atoms with Gasteiger partial charge in [-0.2, -0.15) is 5.26 Å². The monoisotopic (exact) mass is 195 g/mol. The van der Waals surface area contributed by atoms with Gasteiger partial charge in [0, 0.05) is 0 Å². The minimum absolute atomic E-state index is 0.120. The molecule has 1 aliphatic rings. The molecule has 0 aliphatic heterocycles. The van der Waals surface area contributed by atoms with E-state index in [9.17, 15) is 4.79 Å². The minimum Gasteiger partial charge on any atom is -0.366 e. The van der Waals surface area contributed by atoms with E-state index in [0.29, 0.717) is 13.0 Å². The van der Waals surface area contributed by atoms with Crippen LogP contribution in [0.15, 0.2) is 0 Å². The van der Waals surface area contributed by atoms with Gasteiger partial charge < -0.3 is 4.74 Å². The number of carbonyl (C=O) groups excluding carboxylic acids is 1. The number of ether oxygens (including phenoxy) is 1. The lowest BCUT2D eigenvalue weighted by Crippen LogP contribution is -2.42. The zero-order chi connectivity index (χ0) is 10.4. The normalized spacial score (nSPS) is 20.0. The Balaban J connectivity index is 2.53. The first-order chi connectivity index (χ1) is 6.71. The number of ketones is 1. The molecule has 0 aromatic rings. The summed E-state index contributed by atoms with van der Waals surface area (Å²) in [5, 5.41) is 8.40. The fourth-order valence-electron chi connectivity index (χ4n) is 2.01. The van der Waals surface area contributed by atoms with Crippen LogP contribution in [-0.4, -0.2) is 18.0 Å². The van der Waals surface area contributed by atoms with Gasteiger partial charge in [-0.1, -0.05) is 19.3 Å². The molecule has 1 rings (SSSR count). The number of carbonyl (C=O) groups is 1. The van der Waals surface area contributed by atoms with Gasteiger partial charge in [0.05, 0.1) is 19.1 Å². The lowest BCUT2D eigenvalue weighted by atomic mass is 9.82. The molecule has 0 saturated heterocycles. The second kappa shape index (κ2) is 5.11. The van der Waals surface area contributed by atoms with Gasteiger partial charge in [0.2, 0.25) is 0 Å². The molecule has 1 aliphatic carbocycles. The van der Waals surface area contributed by atoms with Crippen molar-refractivity contribution in [2.75, 3.05) is 6.61 Å². The summed E-state index contributed by atoms with van der Waals surface area (Å²) in [6.45, 7) is 1.98. The third kappa shape index (κ3) is 2.55. The lowest BCUT2D eigenvalue weighted by Gasteiger charge is -2.34. The van der Waals surface area contributed by atoms with Crippen molar-refractivity contribution < 1.29 is 9.53 Å². The van der Waals surface area contributed by atoms with Gasteiger partial charge in [-0.3, -0.25) is 4.79 Å². The maximum absolute atomic E-state index is 11.5. The van der Waals surface area contributed by atoms with Crippen LogP contribution in [-0.2, 0) is 9.53 Å². The maximum atomic E-state index is 11.5. The Morgan fingerprint density at radius 1 is 1.43 bits per heavy atom. The predicted octanol–water partition coefficient (Wildman–Crippen LogP) is 2.21. The highest BCUT2D eigenvalue weighted by Crippen LogP contribution is 2.32. The van der Waals surface area contributed by atoms with Crippen molar-refractivity contribution >= 4 is 5.78 Å². The van der Waals surface area contributed by atoms with E-state index in [1.165, 1.54) is 6.42 Å². The SMILES string of the molecule is CC(=O)C1(OCCC#N)CCCCC1. The third-order valence-electron chi connectivity index (χ3n) is 2.90. The Morgan fingerprint density at radius 2 is 2.07 bits per heavy atom. The van der Waals surface area contributed by atoms with Crippen LogP contribution in [0.5, 0.6) is 0 Å². The van der Waals surface area contributed by atoms with Crippen molar-refractivity contribution in [2.45, 2.75) is 51.0 Å². The summed E-state index contributed by atoms with van der Waals surface area (Å²) in [5.74, 6) is 0.120. The molecule has 3 heteroatoms. The van der Waals surface area contributed by atoms with Gasteiger partial charge >= 0.3 is 0 Å². The van der Waals surface area contributed by atoms with Crippen LogP contribution in [0, 0.1) is 11.3 Å². The van der Waals surface area contributed by atoms with Crippen LogP contribution in [0.4, 0.5) is 0 Å². The van der Waals surface area contributed by atoms with E-state index < -0.39 is 5.60 Å². The molecule has 78 valence electrons. The quantitative estimate of drug-likeness (QED) is 0.646. The topological polar surface area (TPSA) is 50.1 Å². The molecular formula is C11H17NO2. The van der Waals surface area contributed by atoms with E-state index in [1.807, 2.05) is 6.07 Å². The second-order valence-electron chi connectivity index (χ2n) is 3.87. The predicted molar refractivity (Wildman–Crippen MR) is 52.7 cm³/mol. The molecule has 0 spiro atoms. The first kappa shape index (κ1) is 11.2. The van der Waals surface area contributed by atoms with Crippen molar-refractivity contribution in [3.05, 3.63) is 0 Å². The molecule has 0 heterocycles. The fourth-order valence-corrected chi connectivity index (χ4v) is 2.01. The summed E-state index contributed by atoms with van der Waals surface area (Å²) in [6.07, 6.45) is 5.34. The third-order valence-corrected chi connectivity index (χ3v) is 2.90. The smallest absolute Gasteiger partial charge is 0.161 e. The molecule has 0 aromatic carbocycles. The van der Waals surface area contributed by atoms with E-state index in [0.717, 1.165) is 25.7 Å². The number of rotatable bonds is 4. The molecule has 0 N–H and O–H groups in total. The molecule has 0 amide bonds. The highest BCUT2D eigenvalue weighted by atomic mass is 16.5. The highest BCUT2D eigenvalue weighted by molar-refractivity contribution is 5.85. The first-order valence-electron chi connectivity index (χ1n) is 5.23. The largest absolute Gasteiger partial charge is 0.366 e. The Bertz CT molecular complexity index is 236. The molecule has 1 saturated carbocycles. The van der Waals surface area contributed by atoms with Gasteiger partial charge in [-0.15, -0.1) is 0 Å². The summed E-state index contributed by atoms with van der Waals surface area (Å²) in [7, 11) is 0. The van der Waals surface area contributed by atoms with E-state index in [2.05, 4.69) is 0 Å². The summed E-state index contributed by atoms with van der Waals surface area (Å²) < 4.78 is 5.60. The summed E-state index contributed by atoms with van der Waals surface area (Å²) >= 11 is 0. The van der Waals surface area contributed by atoms with Crippen LogP contribution in [0.25, 0.3) is 0 Å². The van der Waals surface area contributed by atoms with Gasteiger partial charge in [0.1, 0.15) is 5.60 Å². The van der Waals surface area contributed by atoms with Gasteiger partial charge in [-0.05, 0) is 19.8 Å². The highest BCUT2D eigenvalue weighted by Gasteiger charge is 2.37. The Kier molecular flexibility index (Phi) is 4.09. The van der Waals surface area contributed by atoms with Crippen molar-refractivity contribution in [3.63, 3.8) is 0 Å². The summed E-state index contributed by atoms with van der Waals surface area (Å²) in [4.78, 5) is 11.5. The van der Waals surface area contributed by atoms with E-state index in [1.54, 1.807) is 6.92 Å². The average Bonchev–Trinajstić information content (AvgIpc) is 2.19. The fraction of sp³-hybridized carbons (Fsp3) is 0.818. The molecule has 0 aromatic heterocycles. The van der Waals surface area contributed by atoms with E-state index in [4.69, 9.17) is 10.00 Å². The number of hydrogen-bond donors (Lipinski definition) is 0. The average molecular weight is 195 g/mol. The molecule has 14 heavy (non-hydrogen) atoms. The second-order valence-corrected chi connectivity index (χ2v) is 3.87. The Hall–Kier alpha value is -0.880. The van der Waals surface area contributed by atoms with Crippen LogP contribution in [0.2, 0.25) is 0 Å². The van der Waals surface area contributed by atoms with Gasteiger partial charge in [-0.25, -0.2) is 0 Å². The first-order valence-corrected chi connectivity index (χ1v) is 5.23. The molecular weight excluding hydrogens is 178 g/mol. The van der Waals surface area contributed by atoms with Crippen molar-refractivity contribution in [1.29, 1.82) is 5.26 Å². The van der Waals surface area contributed by atoms with Gasteiger partial charge in [0.25, 0.3) is 0 Å². The standard InChI is InChI=1S/C11H17NO2/c1-10(13)11(14-9-5-8-12)6-3-2-4-7-11/h2-7,9H2,1H3. The zero-order valence-electron chi connectivity index (χ0n) is 8.71. The summed E-state index contributed by atoms with van der Waals surface area (Å²) in [5.41, 5.74) is -0.560. The zero-order valence-corrected chi connectivity index (χ0v) is 8.71. The lowest BCUT2D eigenvalue weighted by molar-refractivity contribution is -0.147. The molecule has 0 radical (unpaired) electrons. The number of nitrogens with zero attached hydrogens (tertiary/aromatic N) is 1. The minimum atomic E-state index is -0.560. The molecule has 0 bridgehead atoms. The summed E-state index contributed by atoms with van der Waals surface area (Å²) in [6, 6.07) is 2.03. The molecule has 1 fully saturated rings. The number of hydrogen-bond acceptors (Lipinski definition) is 3. The van der Waals surface area contributed by atoms with Crippen LogP contribution < -0.4 is 0 Å². The van der Waals surface area contributed by atoms with Crippen LogP contribution in [0.3, 0.4) is 0 Å². The number of Topliss-reactive ketones (excluding diaryl/α,β-unsaturated/α-hetero) is 1. The van der Waals surface area contributed by atoms with Crippen LogP contribution in [0.1, 0.15) is 45.4 Å². The van der Waals surface area contributed by atoms with E-state index in [-0.39, 0.29) is 5.78 Å². The van der Waals surface area contributed by atoms with Gasteiger partial charge in [0.15, 0.2) is 5.78 Å². The van der Waals surface area contributed by atoms with Crippen molar-refractivity contribution in [3.8, 4) is 6.07 Å². The van der Waals surface area contributed by atoms with E-state index >= 15 is 0 Å². The maximum Gasteiger partial charge on any atom is 0.161 e. The Morgan fingerprint density at radius 3 is 2.57 bits per heavy atom. The number of nitriles is 1.